The predicted octanol–water partition coefficient (Wildman–Crippen LogP) is 4.07. The normalized spacial score (nSPS) is 21.4. The van der Waals surface area contributed by atoms with E-state index in [2.05, 4.69) is 45.6 Å². The molecule has 118 valence electrons. The Kier molecular flexibility index (Phi) is 3.97. The SMILES string of the molecule is OC1CCC(Nc2ncnc3sc(-c4ccccc4)cc23)CC1. The van der Waals surface area contributed by atoms with Crippen LogP contribution in [0.3, 0.4) is 0 Å². The molecule has 1 aliphatic carbocycles. The number of nitrogens with one attached hydrogen (secondary N) is 1. The molecular weight excluding hydrogens is 306 g/mol. The van der Waals surface area contributed by atoms with Crippen LogP contribution >= 0.6 is 11.3 Å². The lowest BCUT2D eigenvalue weighted by Gasteiger charge is -2.26. The number of thiophene rings is 1. The summed E-state index contributed by atoms with van der Waals surface area (Å²) in [4.78, 5) is 11.1. The molecule has 1 aromatic carbocycles. The third kappa shape index (κ3) is 3.07. The van der Waals surface area contributed by atoms with Crippen molar-refractivity contribution in [3.8, 4) is 10.4 Å². The smallest absolute Gasteiger partial charge is 0.138 e. The van der Waals surface area contributed by atoms with E-state index in [1.807, 2.05) is 6.07 Å². The molecule has 1 saturated carbocycles. The third-order valence-corrected chi connectivity index (χ3v) is 5.52. The summed E-state index contributed by atoms with van der Waals surface area (Å²) in [6.45, 7) is 0. The minimum Gasteiger partial charge on any atom is -0.393 e. The quantitative estimate of drug-likeness (QED) is 0.762. The minimum atomic E-state index is -0.135. The largest absolute Gasteiger partial charge is 0.393 e. The Morgan fingerprint density at radius 3 is 2.61 bits per heavy atom. The van der Waals surface area contributed by atoms with Crippen molar-refractivity contribution in [2.75, 3.05) is 5.32 Å². The van der Waals surface area contributed by atoms with Gasteiger partial charge in [-0.1, -0.05) is 30.3 Å². The van der Waals surface area contributed by atoms with Gasteiger partial charge in [-0.15, -0.1) is 11.3 Å². The zero-order chi connectivity index (χ0) is 15.6. The number of anilines is 1. The van der Waals surface area contributed by atoms with E-state index in [-0.39, 0.29) is 6.10 Å². The first-order chi connectivity index (χ1) is 11.3. The van der Waals surface area contributed by atoms with Gasteiger partial charge in [-0.25, -0.2) is 9.97 Å². The Hall–Kier alpha value is -1.98. The van der Waals surface area contributed by atoms with E-state index in [1.54, 1.807) is 17.7 Å². The highest BCUT2D eigenvalue weighted by molar-refractivity contribution is 7.21. The van der Waals surface area contributed by atoms with Gasteiger partial charge in [0.25, 0.3) is 0 Å². The van der Waals surface area contributed by atoms with E-state index in [0.717, 1.165) is 41.7 Å². The lowest BCUT2D eigenvalue weighted by atomic mass is 9.93. The van der Waals surface area contributed by atoms with Gasteiger partial charge in [-0.3, -0.25) is 0 Å². The zero-order valence-electron chi connectivity index (χ0n) is 12.8. The maximum Gasteiger partial charge on any atom is 0.138 e. The van der Waals surface area contributed by atoms with Crippen LogP contribution in [0.4, 0.5) is 5.82 Å². The van der Waals surface area contributed by atoms with Crippen molar-refractivity contribution in [3.05, 3.63) is 42.7 Å². The summed E-state index contributed by atoms with van der Waals surface area (Å²) < 4.78 is 0. The van der Waals surface area contributed by atoms with Crippen LogP contribution in [0, 0.1) is 0 Å². The van der Waals surface area contributed by atoms with Crippen molar-refractivity contribution in [1.29, 1.82) is 0 Å². The molecule has 0 amide bonds. The number of aliphatic hydroxyl groups is 1. The lowest BCUT2D eigenvalue weighted by molar-refractivity contribution is 0.126. The van der Waals surface area contributed by atoms with Crippen molar-refractivity contribution in [1.82, 2.24) is 9.97 Å². The molecule has 1 fully saturated rings. The molecule has 0 unspecified atom stereocenters. The first-order valence-electron chi connectivity index (χ1n) is 8.04. The first-order valence-corrected chi connectivity index (χ1v) is 8.86. The molecule has 5 heteroatoms. The molecule has 4 nitrogen and oxygen atoms in total. The van der Waals surface area contributed by atoms with Crippen LogP contribution in [0.1, 0.15) is 25.7 Å². The van der Waals surface area contributed by atoms with E-state index >= 15 is 0 Å². The molecule has 0 aliphatic heterocycles. The fourth-order valence-corrected chi connectivity index (χ4v) is 4.13. The van der Waals surface area contributed by atoms with Crippen LogP contribution in [-0.2, 0) is 0 Å². The molecule has 23 heavy (non-hydrogen) atoms. The van der Waals surface area contributed by atoms with Gasteiger partial charge in [-0.2, -0.15) is 0 Å². The standard InChI is InChI=1S/C18H19N3OS/c22-14-8-6-13(7-9-14)21-17-15-10-16(12-4-2-1-3-5-12)23-18(15)20-11-19-17/h1-5,10-11,13-14,22H,6-9H2,(H,19,20,21). The van der Waals surface area contributed by atoms with E-state index in [1.165, 1.54) is 10.4 Å². The van der Waals surface area contributed by atoms with Gasteiger partial charge in [-0.05, 0) is 37.3 Å². The number of aromatic nitrogens is 2. The number of hydrogen-bond acceptors (Lipinski definition) is 5. The molecule has 2 aromatic heterocycles. The maximum atomic E-state index is 9.64. The van der Waals surface area contributed by atoms with Crippen molar-refractivity contribution in [3.63, 3.8) is 0 Å². The maximum absolute atomic E-state index is 9.64. The number of fused-ring (bicyclic) bond motifs is 1. The Morgan fingerprint density at radius 1 is 1.04 bits per heavy atom. The molecular formula is C18H19N3OS. The van der Waals surface area contributed by atoms with E-state index in [9.17, 15) is 5.11 Å². The van der Waals surface area contributed by atoms with Crippen LogP contribution in [0.15, 0.2) is 42.7 Å². The van der Waals surface area contributed by atoms with Gasteiger partial charge < -0.3 is 10.4 Å². The Morgan fingerprint density at radius 2 is 1.83 bits per heavy atom. The molecule has 0 bridgehead atoms. The van der Waals surface area contributed by atoms with Crippen molar-refractivity contribution in [2.45, 2.75) is 37.8 Å². The van der Waals surface area contributed by atoms with Crippen molar-refractivity contribution < 1.29 is 5.11 Å². The highest BCUT2D eigenvalue weighted by Gasteiger charge is 2.20. The second-order valence-corrected chi connectivity index (χ2v) is 7.10. The first kappa shape index (κ1) is 14.6. The Bertz CT molecular complexity index is 794. The van der Waals surface area contributed by atoms with E-state index in [0.29, 0.717) is 6.04 Å². The van der Waals surface area contributed by atoms with Gasteiger partial charge in [0.2, 0.25) is 0 Å². The van der Waals surface area contributed by atoms with Crippen LogP contribution in [0.25, 0.3) is 20.7 Å². The number of aliphatic hydroxyl groups excluding tert-OH is 1. The second kappa shape index (κ2) is 6.26. The molecule has 1 aliphatic rings. The monoisotopic (exact) mass is 325 g/mol. The van der Waals surface area contributed by atoms with Crippen LogP contribution in [0.2, 0.25) is 0 Å². The minimum absolute atomic E-state index is 0.135. The van der Waals surface area contributed by atoms with Gasteiger partial charge in [0.05, 0.1) is 11.5 Å². The number of benzene rings is 1. The summed E-state index contributed by atoms with van der Waals surface area (Å²) in [5, 5.41) is 14.3. The Balaban J connectivity index is 1.64. The Labute approximate surface area is 139 Å². The van der Waals surface area contributed by atoms with Gasteiger partial charge in [0.15, 0.2) is 0 Å². The second-order valence-electron chi connectivity index (χ2n) is 6.07. The number of hydrogen-bond donors (Lipinski definition) is 2. The summed E-state index contributed by atoms with van der Waals surface area (Å²) >= 11 is 1.70. The van der Waals surface area contributed by atoms with Crippen molar-refractivity contribution >= 4 is 27.4 Å². The predicted molar refractivity (Wildman–Crippen MR) is 94.7 cm³/mol. The summed E-state index contributed by atoms with van der Waals surface area (Å²) in [6.07, 6.45) is 5.21. The average molecular weight is 325 g/mol. The molecule has 3 aromatic rings. The summed E-state index contributed by atoms with van der Waals surface area (Å²) in [7, 11) is 0. The molecule has 0 radical (unpaired) electrons. The zero-order valence-corrected chi connectivity index (χ0v) is 13.6. The van der Waals surface area contributed by atoms with Gasteiger partial charge in [0, 0.05) is 10.9 Å². The lowest BCUT2D eigenvalue weighted by Crippen LogP contribution is -2.28. The molecule has 0 saturated heterocycles. The summed E-state index contributed by atoms with van der Waals surface area (Å²) in [5.74, 6) is 0.912. The van der Waals surface area contributed by atoms with E-state index < -0.39 is 0 Å². The summed E-state index contributed by atoms with van der Waals surface area (Å²) in [6, 6.07) is 12.9. The molecule has 2 heterocycles. The highest BCUT2D eigenvalue weighted by atomic mass is 32.1. The molecule has 2 N–H and O–H groups in total. The number of rotatable bonds is 3. The number of nitrogens with zero attached hydrogens (tertiary/aromatic N) is 2. The molecule has 4 rings (SSSR count). The third-order valence-electron chi connectivity index (χ3n) is 4.43. The van der Waals surface area contributed by atoms with Crippen molar-refractivity contribution in [2.24, 2.45) is 0 Å². The van der Waals surface area contributed by atoms with E-state index in [4.69, 9.17) is 0 Å². The average Bonchev–Trinajstić information content (AvgIpc) is 3.03. The van der Waals surface area contributed by atoms with Crippen LogP contribution < -0.4 is 5.32 Å². The van der Waals surface area contributed by atoms with Crippen LogP contribution in [-0.4, -0.2) is 27.2 Å². The summed E-state index contributed by atoms with van der Waals surface area (Å²) in [5.41, 5.74) is 1.21. The fourth-order valence-electron chi connectivity index (χ4n) is 3.13. The van der Waals surface area contributed by atoms with Gasteiger partial charge in [0.1, 0.15) is 17.0 Å². The fraction of sp³-hybridized carbons (Fsp3) is 0.333. The molecule has 0 atom stereocenters. The van der Waals surface area contributed by atoms with Crippen LogP contribution in [0.5, 0.6) is 0 Å². The topological polar surface area (TPSA) is 58.0 Å². The van der Waals surface area contributed by atoms with Gasteiger partial charge >= 0.3 is 0 Å². The highest BCUT2D eigenvalue weighted by Crippen LogP contribution is 2.35. The molecule has 0 spiro atoms.